The minimum atomic E-state index is 0.102. The van der Waals surface area contributed by atoms with Crippen LogP contribution >= 0.6 is 0 Å². The van der Waals surface area contributed by atoms with Crippen LogP contribution in [0.2, 0.25) is 0 Å². The summed E-state index contributed by atoms with van der Waals surface area (Å²) in [6.45, 7) is 9.79. The predicted molar refractivity (Wildman–Crippen MR) is 106 cm³/mol. The molecule has 1 aliphatic heterocycles. The van der Waals surface area contributed by atoms with E-state index in [1.54, 1.807) is 0 Å². The van der Waals surface area contributed by atoms with Gasteiger partial charge in [0.05, 0.1) is 6.54 Å². The van der Waals surface area contributed by atoms with Crippen molar-refractivity contribution < 1.29 is 0 Å². The van der Waals surface area contributed by atoms with E-state index in [2.05, 4.69) is 82.6 Å². The Labute approximate surface area is 155 Å². The molecule has 0 saturated carbocycles. The van der Waals surface area contributed by atoms with Gasteiger partial charge in [-0.1, -0.05) is 32.0 Å². The molecule has 0 amide bonds. The van der Waals surface area contributed by atoms with Crippen LogP contribution in [0.15, 0.2) is 42.9 Å². The third-order valence-electron chi connectivity index (χ3n) is 5.55. The highest BCUT2D eigenvalue weighted by Gasteiger charge is 2.27. The molecule has 2 atom stereocenters. The zero-order valence-electron chi connectivity index (χ0n) is 15.9. The molecule has 0 aliphatic carbocycles. The van der Waals surface area contributed by atoms with Crippen molar-refractivity contribution in [2.75, 3.05) is 6.54 Å². The highest BCUT2D eigenvalue weighted by Crippen LogP contribution is 2.34. The fourth-order valence-corrected chi connectivity index (χ4v) is 4.41. The SMILES string of the molecule is CC(CC(C)(C)c1c[nH]c2ccccc12)NC1CNCc2nccn2C1. The van der Waals surface area contributed by atoms with Gasteiger partial charge in [0, 0.05) is 54.7 Å². The van der Waals surface area contributed by atoms with E-state index in [0.29, 0.717) is 12.1 Å². The molecule has 5 nitrogen and oxygen atoms in total. The Kier molecular flexibility index (Phi) is 4.59. The molecular weight excluding hydrogens is 322 g/mol. The van der Waals surface area contributed by atoms with Crippen LogP contribution in [-0.4, -0.2) is 33.2 Å². The normalized spacial score (nSPS) is 19.3. The Morgan fingerprint density at radius 2 is 2.19 bits per heavy atom. The van der Waals surface area contributed by atoms with Crippen molar-refractivity contribution in [1.29, 1.82) is 0 Å². The zero-order valence-corrected chi connectivity index (χ0v) is 15.9. The van der Waals surface area contributed by atoms with Crippen molar-refractivity contribution in [3.8, 4) is 0 Å². The Morgan fingerprint density at radius 3 is 3.08 bits per heavy atom. The standard InChI is InChI=1S/C21H29N5/c1-15(25-16-11-22-13-20-23-8-9-26(20)14-16)10-21(2,3)18-12-24-19-7-5-4-6-17(18)19/h4-9,12,15-16,22,24-25H,10-11,13-14H2,1-3H3. The average Bonchev–Trinajstić information content (AvgIpc) is 3.17. The maximum atomic E-state index is 4.42. The van der Waals surface area contributed by atoms with Gasteiger partial charge in [-0.15, -0.1) is 0 Å². The number of para-hydroxylation sites is 1. The van der Waals surface area contributed by atoms with Gasteiger partial charge in [0.15, 0.2) is 0 Å². The first-order valence-electron chi connectivity index (χ1n) is 9.56. The minimum absolute atomic E-state index is 0.102. The van der Waals surface area contributed by atoms with E-state index in [1.165, 1.54) is 16.5 Å². The number of aromatic amines is 1. The number of nitrogens with one attached hydrogen (secondary N) is 3. The van der Waals surface area contributed by atoms with Crippen LogP contribution in [0.4, 0.5) is 0 Å². The van der Waals surface area contributed by atoms with Gasteiger partial charge in [-0.05, 0) is 30.4 Å². The average molecular weight is 351 g/mol. The fraction of sp³-hybridized carbons (Fsp3) is 0.476. The number of hydrogen-bond donors (Lipinski definition) is 3. The van der Waals surface area contributed by atoms with Gasteiger partial charge in [-0.3, -0.25) is 0 Å². The summed E-state index contributed by atoms with van der Waals surface area (Å²) in [5, 5.41) is 8.68. The number of benzene rings is 1. The second-order valence-electron chi connectivity index (χ2n) is 8.23. The van der Waals surface area contributed by atoms with Crippen molar-refractivity contribution in [2.45, 2.75) is 57.8 Å². The Morgan fingerprint density at radius 1 is 1.35 bits per heavy atom. The lowest BCUT2D eigenvalue weighted by Crippen LogP contribution is -2.45. The number of H-pyrrole nitrogens is 1. The zero-order chi connectivity index (χ0) is 18.1. The van der Waals surface area contributed by atoms with Gasteiger partial charge in [0.2, 0.25) is 0 Å². The van der Waals surface area contributed by atoms with Crippen molar-refractivity contribution in [3.05, 3.63) is 54.2 Å². The van der Waals surface area contributed by atoms with Crippen LogP contribution in [0.5, 0.6) is 0 Å². The van der Waals surface area contributed by atoms with Gasteiger partial charge in [-0.2, -0.15) is 0 Å². The van der Waals surface area contributed by atoms with Gasteiger partial charge in [0.25, 0.3) is 0 Å². The van der Waals surface area contributed by atoms with Crippen LogP contribution < -0.4 is 10.6 Å². The summed E-state index contributed by atoms with van der Waals surface area (Å²) < 4.78 is 2.26. The second kappa shape index (κ2) is 6.89. The Balaban J connectivity index is 1.44. The number of fused-ring (bicyclic) bond motifs is 2. The molecule has 2 aromatic heterocycles. The molecule has 0 radical (unpaired) electrons. The number of imidazole rings is 1. The van der Waals surface area contributed by atoms with Crippen LogP contribution in [-0.2, 0) is 18.5 Å². The van der Waals surface area contributed by atoms with E-state index in [4.69, 9.17) is 0 Å². The van der Waals surface area contributed by atoms with Crippen molar-refractivity contribution in [1.82, 2.24) is 25.2 Å². The maximum Gasteiger partial charge on any atom is 0.122 e. The summed E-state index contributed by atoms with van der Waals surface area (Å²) in [5.74, 6) is 1.13. The Bertz CT molecular complexity index is 875. The van der Waals surface area contributed by atoms with E-state index in [0.717, 1.165) is 31.9 Å². The molecule has 138 valence electrons. The molecule has 3 aromatic rings. The molecule has 1 aromatic carbocycles. The summed E-state index contributed by atoms with van der Waals surface area (Å²) >= 11 is 0. The molecule has 2 unspecified atom stereocenters. The summed E-state index contributed by atoms with van der Waals surface area (Å²) in [6, 6.07) is 9.42. The largest absolute Gasteiger partial charge is 0.361 e. The number of nitrogens with zero attached hydrogens (tertiary/aromatic N) is 2. The molecule has 4 rings (SSSR count). The lowest BCUT2D eigenvalue weighted by atomic mass is 9.79. The van der Waals surface area contributed by atoms with Gasteiger partial charge >= 0.3 is 0 Å². The molecule has 5 heteroatoms. The Hall–Kier alpha value is -2.11. The molecule has 0 saturated heterocycles. The number of aromatic nitrogens is 3. The molecule has 26 heavy (non-hydrogen) atoms. The van der Waals surface area contributed by atoms with Crippen LogP contribution in [0.3, 0.4) is 0 Å². The lowest BCUT2D eigenvalue weighted by molar-refractivity contribution is 0.337. The number of hydrogen-bond acceptors (Lipinski definition) is 3. The van der Waals surface area contributed by atoms with Crippen LogP contribution in [0.25, 0.3) is 10.9 Å². The maximum absolute atomic E-state index is 4.42. The van der Waals surface area contributed by atoms with Crippen LogP contribution in [0.1, 0.15) is 38.6 Å². The highest BCUT2D eigenvalue weighted by molar-refractivity contribution is 5.84. The van der Waals surface area contributed by atoms with E-state index < -0.39 is 0 Å². The quantitative estimate of drug-likeness (QED) is 0.662. The first kappa shape index (κ1) is 17.3. The van der Waals surface area contributed by atoms with Crippen molar-refractivity contribution in [2.24, 2.45) is 0 Å². The fourth-order valence-electron chi connectivity index (χ4n) is 4.41. The molecule has 3 heterocycles. The van der Waals surface area contributed by atoms with E-state index in [1.807, 2.05) is 6.20 Å². The summed E-state index contributed by atoms with van der Waals surface area (Å²) in [4.78, 5) is 7.85. The monoisotopic (exact) mass is 351 g/mol. The third kappa shape index (κ3) is 3.41. The first-order chi connectivity index (χ1) is 12.5. The van der Waals surface area contributed by atoms with Gasteiger partial charge < -0.3 is 20.2 Å². The summed E-state index contributed by atoms with van der Waals surface area (Å²) in [7, 11) is 0. The summed E-state index contributed by atoms with van der Waals surface area (Å²) in [5.41, 5.74) is 2.72. The van der Waals surface area contributed by atoms with Crippen molar-refractivity contribution in [3.63, 3.8) is 0 Å². The van der Waals surface area contributed by atoms with E-state index in [-0.39, 0.29) is 5.41 Å². The molecule has 1 aliphatic rings. The van der Waals surface area contributed by atoms with E-state index in [9.17, 15) is 0 Å². The molecule has 3 N–H and O–H groups in total. The molecule has 0 fully saturated rings. The van der Waals surface area contributed by atoms with E-state index >= 15 is 0 Å². The smallest absolute Gasteiger partial charge is 0.122 e. The third-order valence-corrected chi connectivity index (χ3v) is 5.55. The molecular formula is C21H29N5. The summed E-state index contributed by atoms with van der Waals surface area (Å²) in [6.07, 6.45) is 7.24. The molecule has 0 spiro atoms. The molecule has 0 bridgehead atoms. The number of rotatable bonds is 5. The second-order valence-corrected chi connectivity index (χ2v) is 8.23. The van der Waals surface area contributed by atoms with Crippen LogP contribution in [0, 0.1) is 0 Å². The minimum Gasteiger partial charge on any atom is -0.361 e. The highest BCUT2D eigenvalue weighted by atomic mass is 15.2. The van der Waals surface area contributed by atoms with Gasteiger partial charge in [0.1, 0.15) is 5.82 Å². The topological polar surface area (TPSA) is 57.7 Å². The van der Waals surface area contributed by atoms with Crippen molar-refractivity contribution >= 4 is 10.9 Å². The first-order valence-corrected chi connectivity index (χ1v) is 9.56. The lowest BCUT2D eigenvalue weighted by Gasteiger charge is -2.31. The van der Waals surface area contributed by atoms with Gasteiger partial charge in [-0.25, -0.2) is 4.98 Å². The predicted octanol–water partition coefficient (Wildman–Crippen LogP) is 3.18.